The van der Waals surface area contributed by atoms with Crippen LogP contribution in [0.5, 0.6) is 0 Å². The van der Waals surface area contributed by atoms with Gasteiger partial charge < -0.3 is 9.88 Å². The fraction of sp³-hybridized carbons (Fsp3) is 0.533. The van der Waals surface area contributed by atoms with E-state index >= 15 is 0 Å². The molecular weight excluding hydrogens is 296 g/mol. The molecule has 0 spiro atoms. The van der Waals surface area contributed by atoms with Crippen molar-refractivity contribution in [1.82, 2.24) is 29.5 Å². The first-order valence-electron chi connectivity index (χ1n) is 7.73. The van der Waals surface area contributed by atoms with Crippen LogP contribution < -0.4 is 5.32 Å². The van der Waals surface area contributed by atoms with Crippen molar-refractivity contribution in [2.45, 2.75) is 39.8 Å². The average molecular weight is 316 g/mol. The molecule has 4 heterocycles. The van der Waals surface area contributed by atoms with Crippen LogP contribution in [0, 0.1) is 19.8 Å². The highest BCUT2D eigenvalue weighted by Crippen LogP contribution is 2.20. The molecule has 116 valence electrons. The Kier molecular flexibility index (Phi) is 3.46. The Morgan fingerprint density at radius 3 is 3.18 bits per heavy atom. The van der Waals surface area contributed by atoms with Crippen LogP contribution in [0.3, 0.4) is 0 Å². The highest BCUT2D eigenvalue weighted by atomic mass is 32.1. The Morgan fingerprint density at radius 2 is 2.27 bits per heavy atom. The molecule has 6 nitrogen and oxygen atoms in total. The molecule has 0 aromatic carbocycles. The van der Waals surface area contributed by atoms with Crippen molar-refractivity contribution in [3.8, 4) is 0 Å². The summed E-state index contributed by atoms with van der Waals surface area (Å²) >= 11 is 1.69. The summed E-state index contributed by atoms with van der Waals surface area (Å²) in [6, 6.07) is 0. The van der Waals surface area contributed by atoms with Gasteiger partial charge in [0.1, 0.15) is 11.6 Å². The minimum absolute atomic E-state index is 0.647. The maximum absolute atomic E-state index is 4.59. The molecule has 0 aliphatic carbocycles. The molecule has 0 saturated heterocycles. The van der Waals surface area contributed by atoms with E-state index in [1.165, 1.54) is 12.1 Å². The molecular formula is C15H20N6S. The zero-order valence-corrected chi connectivity index (χ0v) is 13.7. The van der Waals surface area contributed by atoms with Gasteiger partial charge in [0.2, 0.25) is 0 Å². The number of nitrogens with zero attached hydrogens (tertiary/aromatic N) is 5. The largest absolute Gasteiger partial charge is 0.315 e. The van der Waals surface area contributed by atoms with Crippen LogP contribution in [0.25, 0.3) is 4.96 Å². The number of aryl methyl sites for hydroxylation is 3. The van der Waals surface area contributed by atoms with Crippen molar-refractivity contribution < 1.29 is 0 Å². The van der Waals surface area contributed by atoms with Crippen LogP contribution in [0.15, 0.2) is 11.6 Å². The predicted molar refractivity (Wildman–Crippen MR) is 86.1 cm³/mol. The van der Waals surface area contributed by atoms with E-state index in [0.29, 0.717) is 5.92 Å². The van der Waals surface area contributed by atoms with Crippen molar-refractivity contribution in [2.24, 2.45) is 5.92 Å². The molecule has 3 aromatic heterocycles. The summed E-state index contributed by atoms with van der Waals surface area (Å²) in [7, 11) is 0. The minimum atomic E-state index is 0.647. The zero-order valence-electron chi connectivity index (χ0n) is 12.9. The second kappa shape index (κ2) is 5.48. The highest BCUT2D eigenvalue weighted by Gasteiger charge is 2.21. The molecule has 0 radical (unpaired) electrons. The molecule has 7 heteroatoms. The van der Waals surface area contributed by atoms with E-state index in [1.54, 1.807) is 11.3 Å². The van der Waals surface area contributed by atoms with Crippen LogP contribution in [0.2, 0.25) is 0 Å². The second-order valence-electron chi connectivity index (χ2n) is 6.01. The molecule has 0 saturated carbocycles. The second-order valence-corrected chi connectivity index (χ2v) is 6.88. The van der Waals surface area contributed by atoms with Gasteiger partial charge in [-0.3, -0.25) is 4.40 Å². The lowest BCUT2D eigenvalue weighted by Crippen LogP contribution is -2.30. The zero-order chi connectivity index (χ0) is 15.1. The molecule has 1 aliphatic heterocycles. The first-order chi connectivity index (χ1) is 10.7. The fourth-order valence-corrected chi connectivity index (χ4v) is 4.02. The van der Waals surface area contributed by atoms with Crippen LogP contribution in [-0.4, -0.2) is 30.7 Å². The molecule has 1 N–H and O–H groups in total. The summed E-state index contributed by atoms with van der Waals surface area (Å²) < 4.78 is 4.45. The lowest BCUT2D eigenvalue weighted by Gasteiger charge is -2.24. The lowest BCUT2D eigenvalue weighted by atomic mass is 9.99. The predicted octanol–water partition coefficient (Wildman–Crippen LogP) is 1.96. The number of imidazole rings is 1. The molecule has 0 unspecified atom stereocenters. The van der Waals surface area contributed by atoms with Gasteiger partial charge in [0.05, 0.1) is 11.4 Å². The van der Waals surface area contributed by atoms with E-state index in [9.17, 15) is 0 Å². The van der Waals surface area contributed by atoms with Crippen molar-refractivity contribution >= 4 is 16.3 Å². The Balaban J connectivity index is 1.39. The van der Waals surface area contributed by atoms with Crippen LogP contribution in [0.1, 0.15) is 29.5 Å². The lowest BCUT2D eigenvalue weighted by molar-refractivity contribution is 0.343. The van der Waals surface area contributed by atoms with E-state index in [4.69, 9.17) is 0 Å². The van der Waals surface area contributed by atoms with Crippen molar-refractivity contribution in [3.05, 3.63) is 34.6 Å². The maximum atomic E-state index is 4.59. The minimum Gasteiger partial charge on any atom is -0.315 e. The van der Waals surface area contributed by atoms with E-state index in [2.05, 4.69) is 48.0 Å². The Labute approximate surface area is 133 Å². The molecule has 0 amide bonds. The third kappa shape index (κ3) is 2.34. The first kappa shape index (κ1) is 13.9. The molecule has 0 bridgehead atoms. The van der Waals surface area contributed by atoms with Gasteiger partial charge in [-0.1, -0.05) is 0 Å². The molecule has 3 aromatic rings. The Morgan fingerprint density at radius 1 is 1.36 bits per heavy atom. The van der Waals surface area contributed by atoms with E-state index in [-0.39, 0.29) is 0 Å². The summed E-state index contributed by atoms with van der Waals surface area (Å²) in [4.78, 5) is 5.67. The standard InChI is InChI=1S/C15H20N6S/c1-10-13(20-5-6-22-15(20)17-10)8-16-7-12-3-4-14-19-18-11(2)21(14)9-12/h5-6,12,16H,3-4,7-9H2,1-2H3/t12-/m1/s1. The third-order valence-corrected chi connectivity index (χ3v) is 5.27. The molecule has 0 fully saturated rings. The SMILES string of the molecule is Cc1nc2sccn2c1CNC[C@H]1CCc2nnc(C)n2C1. The Bertz CT molecular complexity index is 798. The van der Waals surface area contributed by atoms with Crippen molar-refractivity contribution in [1.29, 1.82) is 0 Å². The third-order valence-electron chi connectivity index (χ3n) is 4.52. The number of hydrogen-bond donors (Lipinski definition) is 1. The van der Waals surface area contributed by atoms with Gasteiger partial charge in [-0.2, -0.15) is 0 Å². The first-order valence-corrected chi connectivity index (χ1v) is 8.61. The van der Waals surface area contributed by atoms with Gasteiger partial charge in [-0.15, -0.1) is 21.5 Å². The van der Waals surface area contributed by atoms with Crippen molar-refractivity contribution in [3.63, 3.8) is 0 Å². The average Bonchev–Trinajstić information content (AvgIpc) is 3.17. The summed E-state index contributed by atoms with van der Waals surface area (Å²) in [5, 5.41) is 14.1. The van der Waals surface area contributed by atoms with Gasteiger partial charge >= 0.3 is 0 Å². The smallest absolute Gasteiger partial charge is 0.194 e. The van der Waals surface area contributed by atoms with Crippen LogP contribution in [0.4, 0.5) is 0 Å². The molecule has 1 atom stereocenters. The van der Waals surface area contributed by atoms with Gasteiger partial charge in [0, 0.05) is 37.6 Å². The summed E-state index contributed by atoms with van der Waals surface area (Å²) in [5.41, 5.74) is 2.40. The summed E-state index contributed by atoms with van der Waals surface area (Å²) in [6.45, 7) is 7.04. The molecule has 1 aliphatic rings. The number of aromatic nitrogens is 5. The van der Waals surface area contributed by atoms with Gasteiger partial charge in [0.25, 0.3) is 0 Å². The topological polar surface area (TPSA) is 60.0 Å². The number of rotatable bonds is 4. The van der Waals surface area contributed by atoms with Gasteiger partial charge in [0.15, 0.2) is 4.96 Å². The number of hydrogen-bond acceptors (Lipinski definition) is 5. The summed E-state index contributed by atoms with van der Waals surface area (Å²) in [6.07, 6.45) is 4.32. The molecule has 4 rings (SSSR count). The Hall–Kier alpha value is -1.73. The number of nitrogens with one attached hydrogen (secondary N) is 1. The van der Waals surface area contributed by atoms with Crippen LogP contribution in [-0.2, 0) is 19.5 Å². The van der Waals surface area contributed by atoms with Crippen molar-refractivity contribution in [2.75, 3.05) is 6.54 Å². The van der Waals surface area contributed by atoms with Gasteiger partial charge in [-0.25, -0.2) is 4.98 Å². The van der Waals surface area contributed by atoms with Crippen LogP contribution >= 0.6 is 11.3 Å². The highest BCUT2D eigenvalue weighted by molar-refractivity contribution is 7.15. The quantitative estimate of drug-likeness (QED) is 0.799. The van der Waals surface area contributed by atoms with Gasteiger partial charge in [-0.05, 0) is 26.2 Å². The maximum Gasteiger partial charge on any atom is 0.194 e. The number of thiazole rings is 1. The van der Waals surface area contributed by atoms with E-state index < -0.39 is 0 Å². The number of fused-ring (bicyclic) bond motifs is 2. The fourth-order valence-electron chi connectivity index (χ4n) is 3.25. The summed E-state index contributed by atoms with van der Waals surface area (Å²) in [5.74, 6) is 2.82. The van der Waals surface area contributed by atoms with E-state index in [0.717, 1.165) is 48.4 Å². The monoisotopic (exact) mass is 316 g/mol. The van der Waals surface area contributed by atoms with E-state index in [1.807, 2.05) is 6.92 Å². The normalized spacial score (nSPS) is 18.0. The molecule has 22 heavy (non-hydrogen) atoms.